The van der Waals surface area contributed by atoms with Crippen LogP contribution in [0.5, 0.6) is 0 Å². The van der Waals surface area contributed by atoms with Gasteiger partial charge in [-0.1, -0.05) is 29.8 Å². The van der Waals surface area contributed by atoms with Crippen molar-refractivity contribution in [2.45, 2.75) is 13.8 Å². The highest BCUT2D eigenvalue weighted by molar-refractivity contribution is 7.16. The summed E-state index contributed by atoms with van der Waals surface area (Å²) in [5, 5.41) is 0.909. The lowest BCUT2D eigenvalue weighted by atomic mass is 10.1. The van der Waals surface area contributed by atoms with E-state index >= 15 is 0 Å². The Balaban J connectivity index is 2.49. The maximum absolute atomic E-state index is 5.93. The van der Waals surface area contributed by atoms with Crippen molar-refractivity contribution in [3.63, 3.8) is 0 Å². The molecule has 0 spiro atoms. The third-order valence-corrected chi connectivity index (χ3v) is 3.13. The van der Waals surface area contributed by atoms with Gasteiger partial charge >= 0.3 is 0 Å². The van der Waals surface area contributed by atoms with Crippen LogP contribution in [0.15, 0.2) is 30.3 Å². The fraction of sp³-hybridized carbons (Fsp3) is 0.167. The van der Waals surface area contributed by atoms with Gasteiger partial charge in [0.15, 0.2) is 0 Å². The molecule has 1 heterocycles. The summed E-state index contributed by atoms with van der Waals surface area (Å²) < 4.78 is 0. The Morgan fingerprint density at radius 1 is 1.07 bits per heavy atom. The van der Waals surface area contributed by atoms with Crippen molar-refractivity contribution in [3.8, 4) is 11.1 Å². The number of benzene rings is 1. The maximum atomic E-state index is 5.93. The molecule has 2 N–H and O–H groups in total. The molecule has 2 rings (SSSR count). The van der Waals surface area contributed by atoms with Gasteiger partial charge in [-0.15, -0.1) is 11.3 Å². The van der Waals surface area contributed by atoms with Crippen LogP contribution in [0, 0.1) is 13.8 Å². The molecule has 0 fully saturated rings. The molecule has 0 aliphatic carbocycles. The van der Waals surface area contributed by atoms with Gasteiger partial charge < -0.3 is 5.73 Å². The summed E-state index contributed by atoms with van der Waals surface area (Å²) in [6, 6.07) is 10.6. The second-order valence-electron chi connectivity index (χ2n) is 3.50. The minimum Gasteiger partial charge on any atom is -0.390 e. The van der Waals surface area contributed by atoms with Crippen LogP contribution in [0.3, 0.4) is 0 Å². The highest BCUT2D eigenvalue weighted by Crippen LogP contribution is 2.33. The van der Waals surface area contributed by atoms with Gasteiger partial charge in [0, 0.05) is 10.4 Å². The molecule has 14 heavy (non-hydrogen) atoms. The zero-order valence-electron chi connectivity index (χ0n) is 8.37. The Bertz CT molecular complexity index is 440. The van der Waals surface area contributed by atoms with Gasteiger partial charge in [0.1, 0.15) is 0 Å². The van der Waals surface area contributed by atoms with Crippen LogP contribution in [0.4, 0.5) is 5.00 Å². The minimum absolute atomic E-state index is 0.909. The monoisotopic (exact) mass is 203 g/mol. The van der Waals surface area contributed by atoms with Gasteiger partial charge in [0.05, 0.1) is 5.00 Å². The van der Waals surface area contributed by atoms with E-state index in [0.29, 0.717) is 0 Å². The Labute approximate surface area is 88.2 Å². The third kappa shape index (κ3) is 1.66. The number of nitrogens with two attached hydrogens (primary N) is 1. The van der Waals surface area contributed by atoms with E-state index in [1.54, 1.807) is 11.3 Å². The van der Waals surface area contributed by atoms with Gasteiger partial charge in [-0.3, -0.25) is 0 Å². The molecule has 72 valence electrons. The molecule has 0 bridgehead atoms. The van der Waals surface area contributed by atoms with E-state index in [9.17, 15) is 0 Å². The fourth-order valence-corrected chi connectivity index (χ4v) is 2.30. The number of aryl methyl sites for hydroxylation is 2. The SMILES string of the molecule is Cc1ccc(-c2cc(C)sc2N)cc1. The summed E-state index contributed by atoms with van der Waals surface area (Å²) in [5.74, 6) is 0. The van der Waals surface area contributed by atoms with Gasteiger partial charge in [0.25, 0.3) is 0 Å². The summed E-state index contributed by atoms with van der Waals surface area (Å²) in [4.78, 5) is 1.26. The van der Waals surface area contributed by atoms with E-state index in [1.165, 1.54) is 16.0 Å². The normalized spacial score (nSPS) is 10.4. The molecular weight excluding hydrogens is 190 g/mol. The standard InChI is InChI=1S/C12H13NS/c1-8-3-5-10(6-4-8)11-7-9(2)14-12(11)13/h3-7H,13H2,1-2H3. The molecule has 0 amide bonds. The van der Waals surface area contributed by atoms with Crippen molar-refractivity contribution in [1.82, 2.24) is 0 Å². The highest BCUT2D eigenvalue weighted by Gasteiger charge is 2.05. The molecule has 2 aromatic rings. The lowest BCUT2D eigenvalue weighted by Gasteiger charge is -2.00. The van der Waals surface area contributed by atoms with Crippen LogP contribution < -0.4 is 5.73 Å². The molecule has 0 saturated heterocycles. The van der Waals surface area contributed by atoms with Crippen molar-refractivity contribution >= 4 is 16.3 Å². The zero-order valence-corrected chi connectivity index (χ0v) is 9.19. The second kappa shape index (κ2) is 3.46. The molecule has 0 unspecified atom stereocenters. The first kappa shape index (κ1) is 9.28. The Hall–Kier alpha value is -1.28. The number of thiophene rings is 1. The van der Waals surface area contributed by atoms with Crippen LogP contribution in [0.2, 0.25) is 0 Å². The molecule has 0 aliphatic rings. The number of hydrogen-bond donors (Lipinski definition) is 1. The molecule has 0 radical (unpaired) electrons. The summed E-state index contributed by atoms with van der Waals surface area (Å²) in [6.45, 7) is 4.17. The fourth-order valence-electron chi connectivity index (χ4n) is 1.49. The van der Waals surface area contributed by atoms with Crippen molar-refractivity contribution in [2.24, 2.45) is 0 Å². The largest absolute Gasteiger partial charge is 0.390 e. The molecule has 0 saturated carbocycles. The third-order valence-electron chi connectivity index (χ3n) is 2.25. The van der Waals surface area contributed by atoms with Gasteiger partial charge in [-0.2, -0.15) is 0 Å². The van der Waals surface area contributed by atoms with E-state index < -0.39 is 0 Å². The predicted molar refractivity (Wildman–Crippen MR) is 63.6 cm³/mol. The molecule has 1 nitrogen and oxygen atoms in total. The second-order valence-corrected chi connectivity index (χ2v) is 4.79. The van der Waals surface area contributed by atoms with Crippen LogP contribution in [0.25, 0.3) is 11.1 Å². The first-order valence-corrected chi connectivity index (χ1v) is 5.41. The van der Waals surface area contributed by atoms with E-state index in [-0.39, 0.29) is 0 Å². The number of rotatable bonds is 1. The number of hydrogen-bond acceptors (Lipinski definition) is 2. The van der Waals surface area contributed by atoms with Gasteiger partial charge in [-0.25, -0.2) is 0 Å². The minimum atomic E-state index is 0.909. The summed E-state index contributed by atoms with van der Waals surface area (Å²) in [5.41, 5.74) is 9.57. The number of anilines is 1. The van der Waals surface area contributed by atoms with Crippen molar-refractivity contribution < 1.29 is 0 Å². The molecule has 2 heteroatoms. The van der Waals surface area contributed by atoms with Gasteiger partial charge in [-0.05, 0) is 25.5 Å². The topological polar surface area (TPSA) is 26.0 Å². The predicted octanol–water partition coefficient (Wildman–Crippen LogP) is 3.61. The van der Waals surface area contributed by atoms with Crippen LogP contribution in [-0.4, -0.2) is 0 Å². The quantitative estimate of drug-likeness (QED) is 0.752. The molecule has 0 atom stereocenters. The Morgan fingerprint density at radius 3 is 2.21 bits per heavy atom. The van der Waals surface area contributed by atoms with Crippen molar-refractivity contribution in [2.75, 3.05) is 5.73 Å². The number of nitrogen functional groups attached to an aromatic ring is 1. The van der Waals surface area contributed by atoms with Crippen molar-refractivity contribution in [3.05, 3.63) is 40.8 Å². The maximum Gasteiger partial charge on any atom is 0.0938 e. The van der Waals surface area contributed by atoms with Crippen LogP contribution >= 0.6 is 11.3 Å². The first-order valence-electron chi connectivity index (χ1n) is 4.60. The lowest BCUT2D eigenvalue weighted by Crippen LogP contribution is -1.83. The average molecular weight is 203 g/mol. The molecule has 1 aromatic heterocycles. The summed E-state index contributed by atoms with van der Waals surface area (Å²) >= 11 is 1.65. The first-order chi connectivity index (χ1) is 6.66. The van der Waals surface area contributed by atoms with Crippen LogP contribution in [-0.2, 0) is 0 Å². The smallest absolute Gasteiger partial charge is 0.0938 e. The van der Waals surface area contributed by atoms with Gasteiger partial charge in [0.2, 0.25) is 0 Å². The Morgan fingerprint density at radius 2 is 1.71 bits per heavy atom. The average Bonchev–Trinajstić information content (AvgIpc) is 2.47. The highest BCUT2D eigenvalue weighted by atomic mass is 32.1. The van der Waals surface area contributed by atoms with E-state index in [0.717, 1.165) is 10.6 Å². The molecular formula is C12H13NS. The van der Waals surface area contributed by atoms with Crippen molar-refractivity contribution in [1.29, 1.82) is 0 Å². The van der Waals surface area contributed by atoms with E-state index in [1.807, 2.05) is 0 Å². The van der Waals surface area contributed by atoms with Crippen LogP contribution in [0.1, 0.15) is 10.4 Å². The summed E-state index contributed by atoms with van der Waals surface area (Å²) in [6.07, 6.45) is 0. The molecule has 1 aromatic carbocycles. The van der Waals surface area contributed by atoms with E-state index in [4.69, 9.17) is 5.73 Å². The molecule has 0 aliphatic heterocycles. The Kier molecular flexibility index (Phi) is 2.30. The lowest BCUT2D eigenvalue weighted by molar-refractivity contribution is 1.47. The summed E-state index contributed by atoms with van der Waals surface area (Å²) in [7, 11) is 0. The van der Waals surface area contributed by atoms with E-state index in [2.05, 4.69) is 44.2 Å². The zero-order chi connectivity index (χ0) is 10.1.